The number of hydrogen-bond acceptors (Lipinski definition) is 7. The number of phenols is 1. The molecule has 0 radical (unpaired) electrons. The molecule has 9 nitrogen and oxygen atoms in total. The Hall–Kier alpha value is -4.66. The van der Waals surface area contributed by atoms with E-state index in [0.717, 1.165) is 35.2 Å². The van der Waals surface area contributed by atoms with Crippen LogP contribution < -0.4 is 10.6 Å². The van der Waals surface area contributed by atoms with E-state index in [1.807, 2.05) is 38.4 Å². The highest BCUT2D eigenvalue weighted by atomic mass is 16.3. The van der Waals surface area contributed by atoms with Crippen molar-refractivity contribution in [2.45, 2.75) is 84.3 Å². The van der Waals surface area contributed by atoms with E-state index in [0.29, 0.717) is 48.6 Å². The molecule has 0 bridgehead atoms. The van der Waals surface area contributed by atoms with Crippen molar-refractivity contribution < 1.29 is 19.1 Å². The third-order valence-electron chi connectivity index (χ3n) is 8.26. The van der Waals surface area contributed by atoms with Crippen molar-refractivity contribution in [1.82, 2.24) is 20.2 Å². The first-order chi connectivity index (χ1) is 21.5. The van der Waals surface area contributed by atoms with Crippen molar-refractivity contribution in [2.24, 2.45) is 0 Å². The van der Waals surface area contributed by atoms with E-state index in [9.17, 15) is 14.7 Å². The molecule has 0 aliphatic carbocycles. The van der Waals surface area contributed by atoms with Gasteiger partial charge in [0.2, 0.25) is 5.89 Å². The number of benzene rings is 2. The third-order valence-corrected chi connectivity index (χ3v) is 8.26. The van der Waals surface area contributed by atoms with Crippen LogP contribution in [-0.2, 0) is 18.4 Å². The zero-order valence-corrected chi connectivity index (χ0v) is 26.8. The number of rotatable bonds is 10. The van der Waals surface area contributed by atoms with Gasteiger partial charge in [0.25, 0.3) is 11.8 Å². The molecule has 4 aromatic rings. The van der Waals surface area contributed by atoms with E-state index in [1.54, 1.807) is 41.5 Å². The minimum atomic E-state index is -0.231. The van der Waals surface area contributed by atoms with Gasteiger partial charge in [-0.3, -0.25) is 14.6 Å². The summed E-state index contributed by atoms with van der Waals surface area (Å²) in [6.45, 7) is 11.5. The number of nitrogens with zero attached hydrogens (tertiary/aromatic N) is 3. The number of likely N-dealkylation sites (tertiary alicyclic amines) is 1. The Morgan fingerprint density at radius 2 is 1.89 bits per heavy atom. The SMILES string of the molecule is Cc1coc([C@H]2CCCN2C(=O)c2cccc(C(=O)N[C@@H](C)CCc3ccc(NCc4cncc(C(C)(C)C)c4)c(O)c3)c2)n1. The lowest BCUT2D eigenvalue weighted by Crippen LogP contribution is -2.33. The molecular formula is C36H43N5O4. The van der Waals surface area contributed by atoms with Gasteiger partial charge in [-0.1, -0.05) is 39.0 Å². The van der Waals surface area contributed by atoms with Crippen LogP contribution in [0.25, 0.3) is 0 Å². The number of aromatic hydroxyl groups is 1. The molecule has 1 aliphatic rings. The number of hydrogen-bond donors (Lipinski definition) is 3. The van der Waals surface area contributed by atoms with Crippen molar-refractivity contribution in [3.05, 3.63) is 107 Å². The van der Waals surface area contributed by atoms with Crippen LogP contribution in [-0.4, -0.2) is 44.4 Å². The maximum absolute atomic E-state index is 13.4. The summed E-state index contributed by atoms with van der Waals surface area (Å²) in [6.07, 6.45) is 8.37. The second-order valence-electron chi connectivity index (χ2n) is 13.0. The summed E-state index contributed by atoms with van der Waals surface area (Å²) in [6, 6.07) is 14.3. The summed E-state index contributed by atoms with van der Waals surface area (Å²) in [5.41, 5.74) is 5.55. The molecule has 236 valence electrons. The summed E-state index contributed by atoms with van der Waals surface area (Å²) in [7, 11) is 0. The Bertz CT molecular complexity index is 1660. The van der Waals surface area contributed by atoms with Gasteiger partial charge in [0, 0.05) is 42.7 Å². The monoisotopic (exact) mass is 609 g/mol. The van der Waals surface area contributed by atoms with Crippen LogP contribution in [0, 0.1) is 6.92 Å². The molecule has 1 aliphatic heterocycles. The molecule has 3 heterocycles. The normalized spacial score (nSPS) is 15.6. The Morgan fingerprint density at radius 1 is 1.09 bits per heavy atom. The number of carbonyl (C=O) groups excluding carboxylic acids is 2. The second-order valence-corrected chi connectivity index (χ2v) is 13.0. The lowest BCUT2D eigenvalue weighted by atomic mass is 9.88. The quantitative estimate of drug-likeness (QED) is 0.171. The Balaban J connectivity index is 1.13. The Labute approximate surface area is 265 Å². The maximum Gasteiger partial charge on any atom is 0.254 e. The molecule has 9 heteroatoms. The summed E-state index contributed by atoms with van der Waals surface area (Å²) in [5, 5.41) is 17.0. The fourth-order valence-corrected chi connectivity index (χ4v) is 5.59. The Kier molecular flexibility index (Phi) is 9.56. The summed E-state index contributed by atoms with van der Waals surface area (Å²) < 4.78 is 5.59. The minimum Gasteiger partial charge on any atom is -0.506 e. The number of carbonyl (C=O) groups is 2. The lowest BCUT2D eigenvalue weighted by molar-refractivity contribution is 0.0715. The van der Waals surface area contributed by atoms with Crippen LogP contribution in [0.1, 0.15) is 102 Å². The van der Waals surface area contributed by atoms with Gasteiger partial charge in [0.1, 0.15) is 18.1 Å². The van der Waals surface area contributed by atoms with Gasteiger partial charge in [-0.25, -0.2) is 4.98 Å². The van der Waals surface area contributed by atoms with Crippen molar-refractivity contribution >= 4 is 17.5 Å². The predicted molar refractivity (Wildman–Crippen MR) is 174 cm³/mol. The number of nitrogens with one attached hydrogen (secondary N) is 2. The zero-order valence-electron chi connectivity index (χ0n) is 26.8. The first kappa shape index (κ1) is 31.8. The number of phenolic OH excluding ortho intramolecular Hbond substituents is 1. The average Bonchev–Trinajstić information content (AvgIpc) is 3.68. The predicted octanol–water partition coefficient (Wildman–Crippen LogP) is 6.72. The van der Waals surface area contributed by atoms with Crippen LogP contribution in [0.5, 0.6) is 5.75 Å². The molecule has 1 fully saturated rings. The molecular weight excluding hydrogens is 566 g/mol. The number of amides is 2. The number of anilines is 1. The molecule has 2 atom stereocenters. The van der Waals surface area contributed by atoms with E-state index < -0.39 is 0 Å². The number of aromatic nitrogens is 2. The number of oxazole rings is 1. The van der Waals surface area contributed by atoms with Gasteiger partial charge in [0.05, 0.1) is 11.4 Å². The van der Waals surface area contributed by atoms with Crippen LogP contribution in [0.3, 0.4) is 0 Å². The summed E-state index contributed by atoms with van der Waals surface area (Å²) in [5.74, 6) is 0.373. The van der Waals surface area contributed by atoms with E-state index in [2.05, 4.69) is 47.4 Å². The highest BCUT2D eigenvalue weighted by molar-refractivity contribution is 6.00. The van der Waals surface area contributed by atoms with Crippen LogP contribution >= 0.6 is 0 Å². The first-order valence-corrected chi connectivity index (χ1v) is 15.6. The van der Waals surface area contributed by atoms with Crippen LogP contribution in [0.4, 0.5) is 5.69 Å². The highest BCUT2D eigenvalue weighted by Crippen LogP contribution is 2.33. The van der Waals surface area contributed by atoms with Gasteiger partial charge in [-0.2, -0.15) is 0 Å². The minimum absolute atomic E-state index is 0.0163. The summed E-state index contributed by atoms with van der Waals surface area (Å²) in [4.78, 5) is 37.1. The van der Waals surface area contributed by atoms with E-state index in [4.69, 9.17) is 4.42 Å². The number of aryl methyl sites for hydroxylation is 2. The molecule has 2 amide bonds. The lowest BCUT2D eigenvalue weighted by Gasteiger charge is -2.22. The van der Waals surface area contributed by atoms with E-state index >= 15 is 0 Å². The Morgan fingerprint density at radius 3 is 2.62 bits per heavy atom. The standard InChI is InChI=1S/C36H43N5O4/c1-23(11-12-25-13-14-30(32(42)17-25)38-20-26-16-29(21-37-19-26)36(3,4)5)39-33(43)27-8-6-9-28(18-27)35(44)41-15-7-10-31(41)34-40-24(2)22-45-34/h6,8-9,13-14,16-19,21-23,31,38,42H,7,10-12,15,20H2,1-5H3,(H,39,43)/t23-,31+/m0/s1. The second kappa shape index (κ2) is 13.5. The molecule has 5 rings (SSSR count). The van der Waals surface area contributed by atoms with Gasteiger partial charge < -0.3 is 25.1 Å². The average molecular weight is 610 g/mol. The molecule has 2 aromatic carbocycles. The molecule has 0 saturated carbocycles. The maximum atomic E-state index is 13.4. The van der Waals surface area contributed by atoms with Gasteiger partial charge in [0.15, 0.2) is 0 Å². The molecule has 3 N–H and O–H groups in total. The van der Waals surface area contributed by atoms with Gasteiger partial charge in [-0.05, 0) is 92.0 Å². The topological polar surface area (TPSA) is 121 Å². The zero-order chi connectivity index (χ0) is 32.1. The van der Waals surface area contributed by atoms with Crippen molar-refractivity contribution in [2.75, 3.05) is 11.9 Å². The van der Waals surface area contributed by atoms with Crippen LogP contribution in [0.15, 0.2) is 71.6 Å². The molecule has 0 spiro atoms. The van der Waals surface area contributed by atoms with Crippen molar-refractivity contribution in [3.8, 4) is 5.75 Å². The summed E-state index contributed by atoms with van der Waals surface area (Å²) >= 11 is 0. The van der Waals surface area contributed by atoms with Gasteiger partial charge >= 0.3 is 0 Å². The fraction of sp³-hybridized carbons (Fsp3) is 0.389. The first-order valence-electron chi connectivity index (χ1n) is 15.6. The van der Waals surface area contributed by atoms with Crippen molar-refractivity contribution in [1.29, 1.82) is 0 Å². The molecule has 45 heavy (non-hydrogen) atoms. The van der Waals surface area contributed by atoms with E-state index in [1.165, 1.54) is 0 Å². The van der Waals surface area contributed by atoms with Crippen molar-refractivity contribution in [3.63, 3.8) is 0 Å². The third kappa shape index (κ3) is 7.90. The molecule has 2 aromatic heterocycles. The van der Waals surface area contributed by atoms with Gasteiger partial charge in [-0.15, -0.1) is 0 Å². The smallest absolute Gasteiger partial charge is 0.254 e. The molecule has 0 unspecified atom stereocenters. The highest BCUT2D eigenvalue weighted by Gasteiger charge is 2.34. The fourth-order valence-electron chi connectivity index (χ4n) is 5.59. The van der Waals surface area contributed by atoms with E-state index in [-0.39, 0.29) is 35.1 Å². The number of pyridine rings is 1. The molecule has 1 saturated heterocycles. The van der Waals surface area contributed by atoms with Crippen LogP contribution in [0.2, 0.25) is 0 Å². The largest absolute Gasteiger partial charge is 0.506 e.